The van der Waals surface area contributed by atoms with Crippen LogP contribution < -0.4 is 10.6 Å². The number of benzene rings is 1. The summed E-state index contributed by atoms with van der Waals surface area (Å²) in [6.07, 6.45) is 2.31. The van der Waals surface area contributed by atoms with Crippen molar-refractivity contribution in [3.05, 3.63) is 29.8 Å². The predicted octanol–water partition coefficient (Wildman–Crippen LogP) is 2.37. The number of amidine groups is 1. The average molecular weight is 277 g/mol. The van der Waals surface area contributed by atoms with Gasteiger partial charge in [0.05, 0.1) is 5.92 Å². The average Bonchev–Trinajstić information content (AvgIpc) is 2.50. The summed E-state index contributed by atoms with van der Waals surface area (Å²) in [7, 11) is 1.70. The van der Waals surface area contributed by atoms with E-state index in [-0.39, 0.29) is 11.7 Å². The number of anilines is 1. The molecule has 0 spiro atoms. The van der Waals surface area contributed by atoms with E-state index in [1.807, 2.05) is 31.2 Å². The van der Waals surface area contributed by atoms with Crippen LogP contribution >= 0.6 is 0 Å². The summed E-state index contributed by atoms with van der Waals surface area (Å²) in [5.74, 6) is -0.777. The summed E-state index contributed by atoms with van der Waals surface area (Å²) < 4.78 is 0. The van der Waals surface area contributed by atoms with Gasteiger partial charge in [-0.3, -0.25) is 4.79 Å². The second-order valence-electron chi connectivity index (χ2n) is 4.78. The van der Waals surface area contributed by atoms with Crippen molar-refractivity contribution in [3.8, 4) is 0 Å². The fraction of sp³-hybridized carbons (Fsp3) is 0.467. The van der Waals surface area contributed by atoms with Gasteiger partial charge in [0.15, 0.2) is 5.84 Å². The Morgan fingerprint density at radius 3 is 2.40 bits per heavy atom. The van der Waals surface area contributed by atoms with Gasteiger partial charge in [-0.1, -0.05) is 37.6 Å². The molecular formula is C15H23N3O2. The van der Waals surface area contributed by atoms with Gasteiger partial charge in [-0.2, -0.15) is 0 Å². The first-order chi connectivity index (χ1) is 9.54. The molecule has 1 atom stereocenters. The number of rotatable bonds is 6. The highest BCUT2D eigenvalue weighted by atomic mass is 16.4. The zero-order valence-corrected chi connectivity index (χ0v) is 12.3. The largest absolute Gasteiger partial charge is 0.409 e. The van der Waals surface area contributed by atoms with Gasteiger partial charge in [0, 0.05) is 12.7 Å². The Kier molecular flexibility index (Phi) is 6.03. The van der Waals surface area contributed by atoms with Crippen LogP contribution in [0.4, 0.5) is 5.69 Å². The highest BCUT2D eigenvalue weighted by Crippen LogP contribution is 2.18. The molecule has 0 bridgehead atoms. The van der Waals surface area contributed by atoms with Crippen LogP contribution in [0.2, 0.25) is 0 Å². The van der Waals surface area contributed by atoms with Crippen LogP contribution in [0.5, 0.6) is 0 Å². The van der Waals surface area contributed by atoms with Crippen molar-refractivity contribution < 1.29 is 10.0 Å². The van der Waals surface area contributed by atoms with Gasteiger partial charge in [-0.15, -0.1) is 0 Å². The molecule has 3 N–H and O–H groups in total. The minimum atomic E-state index is -0.583. The highest BCUT2D eigenvalue weighted by Gasteiger charge is 2.26. The van der Waals surface area contributed by atoms with Crippen LogP contribution in [0, 0.1) is 5.92 Å². The van der Waals surface area contributed by atoms with E-state index in [0.29, 0.717) is 6.42 Å². The van der Waals surface area contributed by atoms with E-state index < -0.39 is 5.92 Å². The number of aryl methyl sites for hydroxylation is 1. The lowest BCUT2D eigenvalue weighted by Gasteiger charge is -2.23. The Hall–Kier alpha value is -2.04. The van der Waals surface area contributed by atoms with Crippen molar-refractivity contribution >= 4 is 17.4 Å². The third-order valence-electron chi connectivity index (χ3n) is 3.41. The number of nitrogens with zero attached hydrogens (tertiary/aromatic N) is 2. The van der Waals surface area contributed by atoms with Crippen molar-refractivity contribution in [2.75, 3.05) is 11.9 Å². The summed E-state index contributed by atoms with van der Waals surface area (Å²) >= 11 is 0. The van der Waals surface area contributed by atoms with Gasteiger partial charge in [0.1, 0.15) is 0 Å². The first-order valence-electron chi connectivity index (χ1n) is 6.89. The van der Waals surface area contributed by atoms with Gasteiger partial charge >= 0.3 is 0 Å². The number of nitrogens with two attached hydrogens (primary N) is 1. The Morgan fingerprint density at radius 1 is 1.35 bits per heavy atom. The highest BCUT2D eigenvalue weighted by molar-refractivity contribution is 6.08. The molecule has 0 aromatic heterocycles. The predicted molar refractivity (Wildman–Crippen MR) is 81.0 cm³/mol. The van der Waals surface area contributed by atoms with Gasteiger partial charge in [-0.05, 0) is 30.5 Å². The number of carbonyl (C=O) groups excluding carboxylic acids is 1. The lowest BCUT2D eigenvalue weighted by Crippen LogP contribution is -2.40. The molecule has 1 rings (SSSR count). The quantitative estimate of drug-likeness (QED) is 0.362. The molecule has 110 valence electrons. The van der Waals surface area contributed by atoms with Gasteiger partial charge in [0.2, 0.25) is 5.91 Å². The first-order valence-corrected chi connectivity index (χ1v) is 6.89. The summed E-state index contributed by atoms with van der Waals surface area (Å²) in [6.45, 7) is 4.04. The van der Waals surface area contributed by atoms with Crippen LogP contribution in [0.3, 0.4) is 0 Å². The maximum atomic E-state index is 12.4. The number of amides is 1. The van der Waals surface area contributed by atoms with Crippen LogP contribution in [-0.4, -0.2) is 24.0 Å². The molecule has 0 heterocycles. The van der Waals surface area contributed by atoms with Crippen LogP contribution in [-0.2, 0) is 11.2 Å². The second kappa shape index (κ2) is 7.53. The summed E-state index contributed by atoms with van der Waals surface area (Å²) in [4.78, 5) is 14.0. The molecule has 0 aliphatic rings. The van der Waals surface area contributed by atoms with Gasteiger partial charge < -0.3 is 15.8 Å². The van der Waals surface area contributed by atoms with E-state index in [0.717, 1.165) is 18.5 Å². The number of hydrogen-bond acceptors (Lipinski definition) is 3. The lowest BCUT2D eigenvalue weighted by molar-refractivity contribution is -0.120. The Morgan fingerprint density at radius 2 is 1.95 bits per heavy atom. The maximum Gasteiger partial charge on any atom is 0.237 e. The van der Waals surface area contributed by atoms with Crippen molar-refractivity contribution in [1.82, 2.24) is 0 Å². The topological polar surface area (TPSA) is 78.9 Å². The minimum absolute atomic E-state index is 0.0334. The van der Waals surface area contributed by atoms with E-state index in [1.54, 1.807) is 11.9 Å². The van der Waals surface area contributed by atoms with Gasteiger partial charge in [0.25, 0.3) is 0 Å². The molecular weight excluding hydrogens is 254 g/mol. The first kappa shape index (κ1) is 16.0. The van der Waals surface area contributed by atoms with E-state index in [4.69, 9.17) is 10.9 Å². The molecule has 1 aromatic rings. The molecule has 0 saturated heterocycles. The van der Waals surface area contributed by atoms with Crippen molar-refractivity contribution in [1.29, 1.82) is 0 Å². The van der Waals surface area contributed by atoms with Crippen molar-refractivity contribution in [2.24, 2.45) is 16.8 Å². The molecule has 0 saturated carbocycles. The second-order valence-corrected chi connectivity index (χ2v) is 4.78. The molecule has 1 amide bonds. The lowest BCUT2D eigenvalue weighted by atomic mass is 10.0. The normalized spacial score (nSPS) is 13.1. The summed E-state index contributed by atoms with van der Waals surface area (Å²) in [5.41, 5.74) is 7.64. The van der Waals surface area contributed by atoms with E-state index in [9.17, 15) is 4.79 Å². The monoisotopic (exact) mass is 277 g/mol. The smallest absolute Gasteiger partial charge is 0.237 e. The molecule has 1 aromatic carbocycles. The van der Waals surface area contributed by atoms with Crippen LogP contribution in [0.25, 0.3) is 0 Å². The number of carbonyl (C=O) groups is 1. The Balaban J connectivity index is 2.92. The molecule has 0 aliphatic heterocycles. The zero-order valence-electron chi connectivity index (χ0n) is 12.3. The van der Waals surface area contributed by atoms with Crippen LogP contribution in [0.15, 0.2) is 29.4 Å². The standard InChI is InChI=1S/C15H23N3O2/c1-4-6-13(14(16)17-20)15(19)18(3)12-9-7-11(5-2)8-10-12/h7-10,13,20H,4-6H2,1-3H3,(H2,16,17). The minimum Gasteiger partial charge on any atom is -0.409 e. The third kappa shape index (κ3) is 3.73. The Labute approximate surface area is 120 Å². The SMILES string of the molecule is CCCC(C(=O)N(C)c1ccc(CC)cc1)C(N)=NO. The number of oxime groups is 1. The maximum absolute atomic E-state index is 12.4. The third-order valence-corrected chi connectivity index (χ3v) is 3.41. The summed E-state index contributed by atoms with van der Waals surface area (Å²) in [5, 5.41) is 11.8. The molecule has 5 nitrogen and oxygen atoms in total. The Bertz CT molecular complexity index is 469. The molecule has 5 heteroatoms. The number of hydrogen-bond donors (Lipinski definition) is 2. The van der Waals surface area contributed by atoms with Crippen molar-refractivity contribution in [3.63, 3.8) is 0 Å². The van der Waals surface area contributed by atoms with E-state index in [2.05, 4.69) is 12.1 Å². The summed E-state index contributed by atoms with van der Waals surface area (Å²) in [6, 6.07) is 7.81. The molecule has 1 unspecified atom stereocenters. The fourth-order valence-electron chi connectivity index (χ4n) is 2.07. The molecule has 0 radical (unpaired) electrons. The zero-order chi connectivity index (χ0) is 15.1. The molecule has 20 heavy (non-hydrogen) atoms. The van der Waals surface area contributed by atoms with Crippen molar-refractivity contribution in [2.45, 2.75) is 33.1 Å². The molecule has 0 fully saturated rings. The fourth-order valence-corrected chi connectivity index (χ4v) is 2.07. The van der Waals surface area contributed by atoms with Crippen LogP contribution in [0.1, 0.15) is 32.3 Å². The van der Waals surface area contributed by atoms with E-state index >= 15 is 0 Å². The van der Waals surface area contributed by atoms with E-state index in [1.165, 1.54) is 5.56 Å². The molecule has 0 aliphatic carbocycles. The van der Waals surface area contributed by atoms with Gasteiger partial charge in [-0.25, -0.2) is 0 Å².